The van der Waals surface area contributed by atoms with Crippen LogP contribution in [0.4, 0.5) is 0 Å². The van der Waals surface area contributed by atoms with E-state index < -0.39 is 0 Å². The largest absolute Gasteiger partial charge is 0.198 e. The average Bonchev–Trinajstić information content (AvgIpc) is 2.53. The Kier molecular flexibility index (Phi) is 7.77. The summed E-state index contributed by atoms with van der Waals surface area (Å²) in [5.41, 5.74) is 2.32. The first-order valence-corrected chi connectivity index (χ1v) is 8.40. The van der Waals surface area contributed by atoms with E-state index in [1.165, 1.54) is 11.1 Å². The third-order valence-corrected chi connectivity index (χ3v) is 4.53. The summed E-state index contributed by atoms with van der Waals surface area (Å²) in [4.78, 5) is 0. The molecule has 0 spiro atoms. The number of rotatable bonds is 6. The van der Waals surface area contributed by atoms with Crippen LogP contribution in [0, 0.1) is 11.3 Å². The molecule has 0 N–H and O–H groups in total. The Morgan fingerprint density at radius 2 is 1.38 bits per heavy atom. The van der Waals surface area contributed by atoms with Gasteiger partial charge in [0.1, 0.15) is 0 Å². The average molecular weight is 412 g/mol. The first-order chi connectivity index (χ1) is 9.83. The Morgan fingerprint density at radius 3 is 1.76 bits per heavy atom. The van der Waals surface area contributed by atoms with Gasteiger partial charge in [0.05, 0.1) is 6.07 Å². The van der Waals surface area contributed by atoms with Gasteiger partial charge in [-0.3, -0.25) is 0 Å². The Balaban J connectivity index is 0.00000220. The smallest absolute Gasteiger partial charge is 0.0634 e. The maximum absolute atomic E-state index is 9.37. The zero-order chi connectivity index (χ0) is 14.3. The topological polar surface area (TPSA) is 23.8 Å². The van der Waals surface area contributed by atoms with Crippen molar-refractivity contribution in [1.29, 1.82) is 5.26 Å². The van der Waals surface area contributed by atoms with E-state index in [-0.39, 0.29) is 17.8 Å². The number of alkyl halides is 1. The summed E-state index contributed by atoms with van der Waals surface area (Å²) in [6, 6.07) is 23.3. The summed E-state index contributed by atoms with van der Waals surface area (Å²) >= 11 is 2.41. The minimum absolute atomic E-state index is 0. The van der Waals surface area contributed by atoms with Crippen LogP contribution in [0.1, 0.15) is 30.4 Å². The van der Waals surface area contributed by atoms with E-state index in [2.05, 4.69) is 77.2 Å². The predicted molar refractivity (Wildman–Crippen MR) is 99.3 cm³/mol. The molecular formula is C18H19ClIN. The van der Waals surface area contributed by atoms with Crippen LogP contribution in [0.3, 0.4) is 0 Å². The summed E-state index contributed by atoms with van der Waals surface area (Å²) in [6.07, 6.45) is 2.65. The van der Waals surface area contributed by atoms with Gasteiger partial charge < -0.3 is 0 Å². The molecule has 3 heteroatoms. The van der Waals surface area contributed by atoms with Gasteiger partial charge in [-0.05, 0) is 28.4 Å². The number of hydrogen-bond acceptors (Lipinski definition) is 1. The van der Waals surface area contributed by atoms with Crippen LogP contribution < -0.4 is 0 Å². The van der Waals surface area contributed by atoms with E-state index in [0.717, 1.165) is 17.3 Å². The summed E-state index contributed by atoms with van der Waals surface area (Å²) in [6.45, 7) is 0. The van der Waals surface area contributed by atoms with Crippen molar-refractivity contribution in [3.05, 3.63) is 71.8 Å². The number of halogens is 2. The van der Waals surface area contributed by atoms with Crippen molar-refractivity contribution in [3.8, 4) is 6.07 Å². The van der Waals surface area contributed by atoms with Gasteiger partial charge in [-0.25, -0.2) is 0 Å². The molecule has 0 aromatic heterocycles. The van der Waals surface area contributed by atoms with E-state index in [1.807, 2.05) is 12.1 Å². The fraction of sp³-hybridized carbons (Fsp3) is 0.278. The Hall–Kier alpha value is -1.05. The molecule has 2 aromatic carbocycles. The van der Waals surface area contributed by atoms with Crippen molar-refractivity contribution < 1.29 is 0 Å². The molecule has 0 aliphatic heterocycles. The van der Waals surface area contributed by atoms with Gasteiger partial charge in [-0.1, -0.05) is 83.3 Å². The van der Waals surface area contributed by atoms with Crippen LogP contribution in [-0.2, 0) is 5.41 Å². The summed E-state index contributed by atoms with van der Waals surface area (Å²) in [5.74, 6) is 0. The third-order valence-electron chi connectivity index (χ3n) is 3.77. The number of hydrogen-bond donors (Lipinski definition) is 0. The lowest BCUT2D eigenvalue weighted by atomic mass is 9.69. The lowest BCUT2D eigenvalue weighted by molar-refractivity contribution is 0.478. The van der Waals surface area contributed by atoms with Gasteiger partial charge in [-0.15, -0.1) is 12.4 Å². The predicted octanol–water partition coefficient (Wildman–Crippen LogP) is 5.52. The highest BCUT2D eigenvalue weighted by molar-refractivity contribution is 14.1. The highest BCUT2D eigenvalue weighted by atomic mass is 127. The second kappa shape index (κ2) is 9.07. The standard InChI is InChI=1S/C18H18IN.ClH/c19-14-7-12-18(13-15-20,16-8-3-1-4-9-16)17-10-5-2-6-11-17;/h1-6,8-11H,7,12-14H2;1H. The van der Waals surface area contributed by atoms with Crippen LogP contribution in [0.25, 0.3) is 0 Å². The SMILES string of the molecule is Cl.N#CCC(CCCI)(c1ccccc1)c1ccccc1. The van der Waals surface area contributed by atoms with Crippen molar-refractivity contribution in [2.24, 2.45) is 0 Å². The summed E-state index contributed by atoms with van der Waals surface area (Å²) < 4.78 is 1.12. The maximum atomic E-state index is 9.37. The monoisotopic (exact) mass is 411 g/mol. The van der Waals surface area contributed by atoms with Crippen LogP contribution in [0.2, 0.25) is 0 Å². The molecule has 2 rings (SSSR count). The van der Waals surface area contributed by atoms with Gasteiger partial charge in [0, 0.05) is 11.8 Å². The van der Waals surface area contributed by atoms with E-state index >= 15 is 0 Å². The number of nitrogens with zero attached hydrogens (tertiary/aromatic N) is 1. The van der Waals surface area contributed by atoms with Crippen LogP contribution in [-0.4, -0.2) is 4.43 Å². The number of benzene rings is 2. The van der Waals surface area contributed by atoms with Crippen molar-refractivity contribution in [2.45, 2.75) is 24.7 Å². The molecule has 2 aromatic rings. The molecule has 0 fully saturated rings. The molecule has 0 saturated carbocycles. The summed E-state index contributed by atoms with van der Waals surface area (Å²) in [7, 11) is 0. The molecule has 0 aliphatic carbocycles. The van der Waals surface area contributed by atoms with Gasteiger partial charge in [0.15, 0.2) is 0 Å². The highest BCUT2D eigenvalue weighted by Gasteiger charge is 2.33. The van der Waals surface area contributed by atoms with E-state index in [9.17, 15) is 5.26 Å². The van der Waals surface area contributed by atoms with Crippen molar-refractivity contribution in [2.75, 3.05) is 4.43 Å². The first kappa shape index (κ1) is 18.0. The third kappa shape index (κ3) is 4.21. The minimum Gasteiger partial charge on any atom is -0.198 e. The molecule has 0 bridgehead atoms. The van der Waals surface area contributed by atoms with Crippen LogP contribution >= 0.6 is 35.0 Å². The van der Waals surface area contributed by atoms with Gasteiger partial charge in [0.2, 0.25) is 0 Å². The van der Waals surface area contributed by atoms with Crippen molar-refractivity contribution >= 4 is 35.0 Å². The first-order valence-electron chi connectivity index (χ1n) is 6.87. The molecule has 21 heavy (non-hydrogen) atoms. The fourth-order valence-corrected chi connectivity index (χ4v) is 3.15. The van der Waals surface area contributed by atoms with E-state index in [0.29, 0.717) is 6.42 Å². The maximum Gasteiger partial charge on any atom is 0.0634 e. The van der Waals surface area contributed by atoms with Gasteiger partial charge in [0.25, 0.3) is 0 Å². The molecule has 0 radical (unpaired) electrons. The Morgan fingerprint density at radius 1 is 0.905 bits per heavy atom. The number of nitriles is 1. The second-order valence-corrected chi connectivity index (χ2v) is 6.02. The van der Waals surface area contributed by atoms with Gasteiger partial charge in [-0.2, -0.15) is 5.26 Å². The van der Waals surface area contributed by atoms with E-state index in [4.69, 9.17) is 0 Å². The fourth-order valence-electron chi connectivity index (χ4n) is 2.77. The lowest BCUT2D eigenvalue weighted by Crippen LogP contribution is -2.27. The normalized spacial score (nSPS) is 10.5. The highest BCUT2D eigenvalue weighted by Crippen LogP contribution is 2.39. The molecule has 0 saturated heterocycles. The van der Waals surface area contributed by atoms with Gasteiger partial charge >= 0.3 is 0 Å². The molecule has 110 valence electrons. The van der Waals surface area contributed by atoms with Crippen LogP contribution in [0.5, 0.6) is 0 Å². The lowest BCUT2D eigenvalue weighted by Gasteiger charge is -2.33. The Labute approximate surface area is 146 Å². The minimum atomic E-state index is -0.178. The zero-order valence-electron chi connectivity index (χ0n) is 11.8. The summed E-state index contributed by atoms with van der Waals surface area (Å²) in [5, 5.41) is 9.37. The van der Waals surface area contributed by atoms with E-state index in [1.54, 1.807) is 0 Å². The quantitative estimate of drug-likeness (QED) is 0.453. The Bertz CT molecular complexity index is 523. The molecule has 0 aliphatic rings. The van der Waals surface area contributed by atoms with Crippen LogP contribution in [0.15, 0.2) is 60.7 Å². The molecule has 0 heterocycles. The van der Waals surface area contributed by atoms with Crippen molar-refractivity contribution in [3.63, 3.8) is 0 Å². The molecule has 0 amide bonds. The second-order valence-electron chi connectivity index (χ2n) is 4.94. The molecule has 0 atom stereocenters. The molecule has 0 unspecified atom stereocenters. The molecular weight excluding hydrogens is 393 g/mol. The zero-order valence-corrected chi connectivity index (χ0v) is 14.8. The van der Waals surface area contributed by atoms with Crippen molar-refractivity contribution in [1.82, 2.24) is 0 Å². The molecule has 1 nitrogen and oxygen atoms in total.